The standard InChI is InChI=1S/C19H31NO/c1-3-5-6-7-8-12-17(20-14-4-2)19-15-16-11-9-10-13-18(16)21-19/h9-11,13,17,19-20H,3-8,12,14-15H2,1-2H3. The van der Waals surface area contributed by atoms with Crippen molar-refractivity contribution in [3.63, 3.8) is 0 Å². The Kier molecular flexibility index (Phi) is 7.08. The fourth-order valence-electron chi connectivity index (χ4n) is 3.15. The molecule has 2 atom stereocenters. The first-order valence-corrected chi connectivity index (χ1v) is 8.83. The summed E-state index contributed by atoms with van der Waals surface area (Å²) in [6, 6.07) is 8.99. The van der Waals surface area contributed by atoms with Crippen LogP contribution >= 0.6 is 0 Å². The van der Waals surface area contributed by atoms with Crippen molar-refractivity contribution in [2.24, 2.45) is 0 Å². The van der Waals surface area contributed by atoms with Gasteiger partial charge in [-0.05, 0) is 31.0 Å². The summed E-state index contributed by atoms with van der Waals surface area (Å²) in [4.78, 5) is 0. The number of para-hydroxylation sites is 1. The molecule has 0 amide bonds. The Hall–Kier alpha value is -1.02. The van der Waals surface area contributed by atoms with Crippen molar-refractivity contribution in [1.82, 2.24) is 5.32 Å². The first kappa shape index (κ1) is 16.4. The van der Waals surface area contributed by atoms with Crippen molar-refractivity contribution >= 4 is 0 Å². The summed E-state index contributed by atoms with van der Waals surface area (Å²) in [6.07, 6.45) is 10.6. The van der Waals surface area contributed by atoms with E-state index in [1.165, 1.54) is 50.5 Å². The number of hydrogen-bond donors (Lipinski definition) is 1. The average molecular weight is 289 g/mol. The van der Waals surface area contributed by atoms with Gasteiger partial charge < -0.3 is 10.1 Å². The first-order valence-electron chi connectivity index (χ1n) is 8.83. The number of nitrogens with one attached hydrogen (secondary N) is 1. The summed E-state index contributed by atoms with van der Waals surface area (Å²) in [6.45, 7) is 5.60. The summed E-state index contributed by atoms with van der Waals surface area (Å²) in [5, 5.41) is 3.71. The molecule has 1 aromatic carbocycles. The summed E-state index contributed by atoms with van der Waals surface area (Å²) < 4.78 is 6.18. The molecule has 21 heavy (non-hydrogen) atoms. The lowest BCUT2D eigenvalue weighted by atomic mass is 9.98. The predicted octanol–water partition coefficient (Wildman–Crippen LogP) is 4.72. The number of fused-ring (bicyclic) bond motifs is 1. The van der Waals surface area contributed by atoms with Crippen molar-refractivity contribution in [3.05, 3.63) is 29.8 Å². The molecule has 2 rings (SSSR count). The normalized spacial score (nSPS) is 18.3. The zero-order valence-electron chi connectivity index (χ0n) is 13.7. The summed E-state index contributed by atoms with van der Waals surface area (Å²) in [7, 11) is 0. The zero-order valence-corrected chi connectivity index (χ0v) is 13.7. The number of ether oxygens (including phenoxy) is 1. The Morgan fingerprint density at radius 1 is 1.10 bits per heavy atom. The highest BCUT2D eigenvalue weighted by Crippen LogP contribution is 2.30. The molecule has 0 saturated heterocycles. The fourth-order valence-corrected chi connectivity index (χ4v) is 3.15. The van der Waals surface area contributed by atoms with Gasteiger partial charge in [0, 0.05) is 12.5 Å². The van der Waals surface area contributed by atoms with Gasteiger partial charge in [-0.2, -0.15) is 0 Å². The van der Waals surface area contributed by atoms with Crippen LogP contribution in [0.3, 0.4) is 0 Å². The zero-order chi connectivity index (χ0) is 14.9. The molecule has 0 aliphatic carbocycles. The van der Waals surface area contributed by atoms with Crippen molar-refractivity contribution in [1.29, 1.82) is 0 Å². The quantitative estimate of drug-likeness (QED) is 0.629. The Morgan fingerprint density at radius 3 is 2.67 bits per heavy atom. The molecule has 2 heteroatoms. The largest absolute Gasteiger partial charge is 0.488 e. The smallest absolute Gasteiger partial charge is 0.123 e. The highest BCUT2D eigenvalue weighted by molar-refractivity contribution is 5.37. The minimum Gasteiger partial charge on any atom is -0.488 e. The maximum Gasteiger partial charge on any atom is 0.123 e. The van der Waals surface area contributed by atoms with E-state index in [1.54, 1.807) is 0 Å². The third-order valence-corrected chi connectivity index (χ3v) is 4.40. The number of benzene rings is 1. The van der Waals surface area contributed by atoms with Gasteiger partial charge in [0.15, 0.2) is 0 Å². The molecule has 0 saturated carbocycles. The van der Waals surface area contributed by atoms with E-state index in [-0.39, 0.29) is 0 Å². The summed E-state index contributed by atoms with van der Waals surface area (Å²) in [5.74, 6) is 1.09. The Labute approximate surface area is 130 Å². The number of hydrogen-bond acceptors (Lipinski definition) is 2. The van der Waals surface area contributed by atoms with Crippen LogP contribution in [0.15, 0.2) is 24.3 Å². The van der Waals surface area contributed by atoms with Gasteiger partial charge in [-0.1, -0.05) is 64.2 Å². The highest BCUT2D eigenvalue weighted by Gasteiger charge is 2.29. The van der Waals surface area contributed by atoms with Crippen LogP contribution in [0, 0.1) is 0 Å². The van der Waals surface area contributed by atoms with E-state index >= 15 is 0 Å². The van der Waals surface area contributed by atoms with Gasteiger partial charge in [-0.3, -0.25) is 0 Å². The van der Waals surface area contributed by atoms with E-state index in [4.69, 9.17) is 4.74 Å². The lowest BCUT2D eigenvalue weighted by Crippen LogP contribution is -2.42. The van der Waals surface area contributed by atoms with Crippen molar-refractivity contribution in [3.8, 4) is 5.75 Å². The Bertz CT molecular complexity index is 379. The minimum absolute atomic E-state index is 0.320. The molecule has 1 heterocycles. The maximum atomic E-state index is 6.18. The second kappa shape index (κ2) is 9.09. The van der Waals surface area contributed by atoms with Crippen molar-refractivity contribution in [2.75, 3.05) is 6.54 Å². The van der Waals surface area contributed by atoms with Crippen LogP contribution in [0.5, 0.6) is 5.75 Å². The van der Waals surface area contributed by atoms with Crippen LogP contribution in [-0.2, 0) is 6.42 Å². The number of unbranched alkanes of at least 4 members (excludes halogenated alkanes) is 4. The molecule has 0 aromatic heterocycles. The van der Waals surface area contributed by atoms with E-state index in [2.05, 4.69) is 43.4 Å². The van der Waals surface area contributed by atoms with Crippen LogP contribution in [0.25, 0.3) is 0 Å². The third kappa shape index (κ3) is 5.03. The molecule has 1 aliphatic heterocycles. The van der Waals surface area contributed by atoms with Crippen LogP contribution in [0.4, 0.5) is 0 Å². The average Bonchev–Trinajstić information content (AvgIpc) is 2.93. The lowest BCUT2D eigenvalue weighted by Gasteiger charge is -2.24. The van der Waals surface area contributed by atoms with Crippen LogP contribution in [0.1, 0.15) is 64.4 Å². The van der Waals surface area contributed by atoms with E-state index < -0.39 is 0 Å². The third-order valence-electron chi connectivity index (χ3n) is 4.40. The van der Waals surface area contributed by atoms with E-state index in [9.17, 15) is 0 Å². The molecule has 118 valence electrons. The fraction of sp³-hybridized carbons (Fsp3) is 0.684. The van der Waals surface area contributed by atoms with Gasteiger partial charge in [0.25, 0.3) is 0 Å². The molecule has 0 spiro atoms. The SMILES string of the molecule is CCCCCCCC(NCCC)C1Cc2ccccc2O1. The van der Waals surface area contributed by atoms with Gasteiger partial charge in [-0.25, -0.2) is 0 Å². The van der Waals surface area contributed by atoms with Crippen LogP contribution < -0.4 is 10.1 Å². The molecule has 1 aromatic rings. The lowest BCUT2D eigenvalue weighted by molar-refractivity contribution is 0.169. The summed E-state index contributed by atoms with van der Waals surface area (Å²) in [5.41, 5.74) is 1.37. The van der Waals surface area contributed by atoms with Crippen LogP contribution in [0.2, 0.25) is 0 Å². The first-order chi connectivity index (χ1) is 10.3. The van der Waals surface area contributed by atoms with Crippen molar-refractivity contribution in [2.45, 2.75) is 77.4 Å². The topological polar surface area (TPSA) is 21.3 Å². The maximum absolute atomic E-state index is 6.18. The van der Waals surface area contributed by atoms with E-state index in [0.29, 0.717) is 12.1 Å². The summed E-state index contributed by atoms with van der Waals surface area (Å²) >= 11 is 0. The molecular formula is C19H31NO. The monoisotopic (exact) mass is 289 g/mol. The molecule has 2 nitrogen and oxygen atoms in total. The minimum atomic E-state index is 0.320. The number of rotatable bonds is 10. The van der Waals surface area contributed by atoms with Gasteiger partial charge in [0.2, 0.25) is 0 Å². The van der Waals surface area contributed by atoms with Crippen molar-refractivity contribution < 1.29 is 4.74 Å². The predicted molar refractivity (Wildman–Crippen MR) is 90.0 cm³/mol. The highest BCUT2D eigenvalue weighted by atomic mass is 16.5. The molecule has 0 radical (unpaired) electrons. The molecule has 1 aliphatic rings. The van der Waals surface area contributed by atoms with Gasteiger partial charge in [0.1, 0.15) is 11.9 Å². The molecule has 2 unspecified atom stereocenters. The molecule has 0 bridgehead atoms. The van der Waals surface area contributed by atoms with Crippen LogP contribution in [-0.4, -0.2) is 18.7 Å². The second-order valence-electron chi connectivity index (χ2n) is 6.23. The molecule has 0 fully saturated rings. The van der Waals surface area contributed by atoms with Gasteiger partial charge in [0.05, 0.1) is 0 Å². The van der Waals surface area contributed by atoms with Gasteiger partial charge in [-0.15, -0.1) is 0 Å². The molecule has 1 N–H and O–H groups in total. The Balaban J connectivity index is 1.82. The van der Waals surface area contributed by atoms with E-state index in [1.807, 2.05) is 0 Å². The van der Waals surface area contributed by atoms with Gasteiger partial charge >= 0.3 is 0 Å². The molecular weight excluding hydrogens is 258 g/mol. The second-order valence-corrected chi connectivity index (χ2v) is 6.23. The van der Waals surface area contributed by atoms with E-state index in [0.717, 1.165) is 18.7 Å². The Morgan fingerprint density at radius 2 is 1.90 bits per heavy atom.